The van der Waals surface area contributed by atoms with Crippen LogP contribution in [-0.4, -0.2) is 5.97 Å². The molecule has 0 fully saturated rings. The van der Waals surface area contributed by atoms with E-state index in [1.807, 2.05) is 6.07 Å². The van der Waals surface area contributed by atoms with Gasteiger partial charge in [0.1, 0.15) is 0 Å². The first-order chi connectivity index (χ1) is 6.29. The lowest BCUT2D eigenvalue weighted by Crippen LogP contribution is -2.25. The molecule has 1 aromatic carbocycles. The average Bonchev–Trinajstić information content (AvgIpc) is 2.17. The molecule has 68 valence electrons. The molecule has 13 heavy (non-hydrogen) atoms. The number of rotatable bonds is 1. The Bertz CT molecular complexity index is 342. The molecule has 0 amide bonds. The van der Waals surface area contributed by atoms with Crippen molar-refractivity contribution >= 4 is 5.97 Å². The summed E-state index contributed by atoms with van der Waals surface area (Å²) in [6.45, 7) is 0. The van der Waals surface area contributed by atoms with Crippen molar-refractivity contribution in [2.75, 3.05) is 0 Å². The molecular weight excluding hydrogens is 164 g/mol. The van der Waals surface area contributed by atoms with Crippen LogP contribution in [0.5, 0.6) is 0 Å². The molecule has 0 unspecified atom stereocenters. The molecule has 1 aliphatic carbocycles. The van der Waals surface area contributed by atoms with Crippen LogP contribution >= 0.6 is 0 Å². The van der Waals surface area contributed by atoms with Crippen LogP contribution in [0.3, 0.4) is 0 Å². The van der Waals surface area contributed by atoms with Gasteiger partial charge in [0.15, 0.2) is 0 Å². The maximum Gasteiger partial charge on any atom is 0.0718 e. The Balaban J connectivity index is 2.52. The number of aromatic carboxylic acids is 1. The summed E-state index contributed by atoms with van der Waals surface area (Å²) < 4.78 is 0. The minimum Gasteiger partial charge on any atom is -0.545 e. The lowest BCUT2D eigenvalue weighted by atomic mass is 9.88. The van der Waals surface area contributed by atoms with E-state index in [2.05, 4.69) is 0 Å². The zero-order valence-corrected chi connectivity index (χ0v) is 7.38. The van der Waals surface area contributed by atoms with Gasteiger partial charge in [-0.15, -0.1) is 0 Å². The Kier molecular flexibility index (Phi) is 2.05. The minimum absolute atomic E-state index is 0.386. The van der Waals surface area contributed by atoms with E-state index in [1.54, 1.807) is 12.1 Å². The van der Waals surface area contributed by atoms with Crippen LogP contribution in [0.15, 0.2) is 18.2 Å². The Morgan fingerprint density at radius 3 is 2.77 bits per heavy atom. The highest BCUT2D eigenvalue weighted by molar-refractivity contribution is 5.88. The van der Waals surface area contributed by atoms with E-state index in [1.165, 1.54) is 12.0 Å². The number of fused-ring (bicyclic) bond motifs is 1. The first kappa shape index (κ1) is 8.30. The molecule has 0 spiro atoms. The largest absolute Gasteiger partial charge is 0.545 e. The number of carboxylic acids is 1. The number of carboxylic acid groups (broad SMARTS) is 1. The second-order valence-electron chi connectivity index (χ2n) is 3.44. The fourth-order valence-electron chi connectivity index (χ4n) is 1.97. The van der Waals surface area contributed by atoms with E-state index < -0.39 is 5.97 Å². The molecule has 0 atom stereocenters. The highest BCUT2D eigenvalue weighted by Gasteiger charge is 2.12. The fraction of sp³-hybridized carbons (Fsp3) is 0.364. The Morgan fingerprint density at radius 2 is 2.00 bits per heavy atom. The maximum absolute atomic E-state index is 10.8. The van der Waals surface area contributed by atoms with Gasteiger partial charge in [-0.3, -0.25) is 0 Å². The third-order valence-electron chi connectivity index (χ3n) is 2.62. The average molecular weight is 175 g/mol. The number of hydrogen-bond acceptors (Lipinski definition) is 2. The monoisotopic (exact) mass is 175 g/mol. The molecule has 0 aliphatic heterocycles. The van der Waals surface area contributed by atoms with Crippen LogP contribution < -0.4 is 5.11 Å². The molecule has 2 heteroatoms. The van der Waals surface area contributed by atoms with E-state index in [9.17, 15) is 9.90 Å². The maximum atomic E-state index is 10.8. The molecule has 0 saturated heterocycles. The molecule has 0 radical (unpaired) electrons. The van der Waals surface area contributed by atoms with Crippen molar-refractivity contribution in [2.45, 2.75) is 25.7 Å². The third kappa shape index (κ3) is 1.44. The third-order valence-corrected chi connectivity index (χ3v) is 2.62. The fourth-order valence-corrected chi connectivity index (χ4v) is 1.97. The number of hydrogen-bond donors (Lipinski definition) is 0. The molecule has 2 nitrogen and oxygen atoms in total. The van der Waals surface area contributed by atoms with Crippen LogP contribution in [-0.2, 0) is 12.8 Å². The Morgan fingerprint density at radius 1 is 1.23 bits per heavy atom. The van der Waals surface area contributed by atoms with Gasteiger partial charge >= 0.3 is 0 Å². The first-order valence-corrected chi connectivity index (χ1v) is 4.61. The number of carbonyl (C=O) groups excluding carboxylic acids is 1. The predicted molar refractivity (Wildman–Crippen MR) is 47.4 cm³/mol. The summed E-state index contributed by atoms with van der Waals surface area (Å²) in [6.07, 6.45) is 4.16. The summed E-state index contributed by atoms with van der Waals surface area (Å²) in [6, 6.07) is 5.45. The van der Waals surface area contributed by atoms with Crippen molar-refractivity contribution < 1.29 is 9.90 Å². The summed E-state index contributed by atoms with van der Waals surface area (Å²) in [7, 11) is 0. The van der Waals surface area contributed by atoms with E-state index >= 15 is 0 Å². The lowest BCUT2D eigenvalue weighted by Gasteiger charge is -2.19. The second kappa shape index (κ2) is 3.21. The van der Waals surface area contributed by atoms with E-state index in [0.29, 0.717) is 5.56 Å². The van der Waals surface area contributed by atoms with Gasteiger partial charge in [-0.1, -0.05) is 18.2 Å². The van der Waals surface area contributed by atoms with E-state index in [0.717, 1.165) is 24.8 Å². The first-order valence-electron chi connectivity index (χ1n) is 4.61. The molecule has 2 rings (SSSR count). The smallest absolute Gasteiger partial charge is 0.0718 e. The lowest BCUT2D eigenvalue weighted by molar-refractivity contribution is -0.255. The standard InChI is InChI=1S/C11H12O2/c12-11(13)10-7-3-5-8-4-1-2-6-9(8)10/h3,5,7H,1-2,4,6H2,(H,12,13)/p-1. The second-order valence-corrected chi connectivity index (χ2v) is 3.44. The number of benzene rings is 1. The molecular formula is C11H11O2-. The molecule has 1 aromatic rings. The van der Waals surface area contributed by atoms with Gasteiger partial charge in [-0.25, -0.2) is 0 Å². The summed E-state index contributed by atoms with van der Waals surface area (Å²) in [4.78, 5) is 10.8. The molecule has 0 N–H and O–H groups in total. The molecule has 0 saturated carbocycles. The van der Waals surface area contributed by atoms with Crippen LogP contribution in [0.1, 0.15) is 34.3 Å². The van der Waals surface area contributed by atoms with Crippen LogP contribution in [0.25, 0.3) is 0 Å². The number of aryl methyl sites for hydroxylation is 1. The Hall–Kier alpha value is -1.31. The van der Waals surface area contributed by atoms with Gasteiger partial charge in [-0.05, 0) is 36.8 Å². The zero-order valence-electron chi connectivity index (χ0n) is 7.38. The van der Waals surface area contributed by atoms with Gasteiger partial charge < -0.3 is 9.90 Å². The minimum atomic E-state index is -1.04. The van der Waals surface area contributed by atoms with Crippen molar-refractivity contribution in [3.8, 4) is 0 Å². The molecule has 1 aliphatic rings. The zero-order chi connectivity index (χ0) is 9.26. The normalized spacial score (nSPS) is 15.1. The SMILES string of the molecule is O=C([O-])c1cccc2c1CCCC2. The highest BCUT2D eigenvalue weighted by atomic mass is 16.4. The van der Waals surface area contributed by atoms with Gasteiger partial charge in [0.2, 0.25) is 0 Å². The van der Waals surface area contributed by atoms with E-state index in [-0.39, 0.29) is 0 Å². The molecule has 0 bridgehead atoms. The quantitative estimate of drug-likeness (QED) is 0.637. The van der Waals surface area contributed by atoms with Crippen molar-refractivity contribution in [1.29, 1.82) is 0 Å². The molecule has 0 heterocycles. The topological polar surface area (TPSA) is 40.1 Å². The summed E-state index contributed by atoms with van der Waals surface area (Å²) >= 11 is 0. The highest BCUT2D eigenvalue weighted by Crippen LogP contribution is 2.23. The van der Waals surface area contributed by atoms with Gasteiger partial charge in [-0.2, -0.15) is 0 Å². The van der Waals surface area contributed by atoms with Crippen molar-refractivity contribution in [3.05, 3.63) is 34.9 Å². The summed E-state index contributed by atoms with van der Waals surface area (Å²) in [5.74, 6) is -1.04. The van der Waals surface area contributed by atoms with Crippen molar-refractivity contribution in [2.24, 2.45) is 0 Å². The van der Waals surface area contributed by atoms with Crippen molar-refractivity contribution in [1.82, 2.24) is 0 Å². The van der Waals surface area contributed by atoms with E-state index in [4.69, 9.17) is 0 Å². The summed E-state index contributed by atoms with van der Waals surface area (Å²) in [5, 5.41) is 10.8. The van der Waals surface area contributed by atoms with Crippen LogP contribution in [0.2, 0.25) is 0 Å². The predicted octanol–water partition coefficient (Wildman–Crippen LogP) is 0.929. The summed E-state index contributed by atoms with van der Waals surface area (Å²) in [5.41, 5.74) is 2.57. The van der Waals surface area contributed by atoms with Crippen molar-refractivity contribution in [3.63, 3.8) is 0 Å². The van der Waals surface area contributed by atoms with Gasteiger partial charge in [0.05, 0.1) is 5.97 Å². The number of carbonyl (C=O) groups is 1. The van der Waals surface area contributed by atoms with Crippen LogP contribution in [0, 0.1) is 0 Å². The van der Waals surface area contributed by atoms with Gasteiger partial charge in [0, 0.05) is 5.56 Å². The van der Waals surface area contributed by atoms with Crippen LogP contribution in [0.4, 0.5) is 0 Å². The van der Waals surface area contributed by atoms with Gasteiger partial charge in [0.25, 0.3) is 0 Å². The Labute approximate surface area is 77.2 Å². The molecule has 0 aromatic heterocycles.